The maximum Gasteiger partial charge on any atom is 0.335 e. The van der Waals surface area contributed by atoms with Gasteiger partial charge < -0.3 is 14.7 Å². The van der Waals surface area contributed by atoms with Crippen LogP contribution in [0.4, 0.5) is 4.39 Å². The van der Waals surface area contributed by atoms with Crippen LogP contribution in [0.5, 0.6) is 5.75 Å². The number of likely N-dealkylation sites (tertiary alicyclic amines) is 1. The highest BCUT2D eigenvalue weighted by Gasteiger charge is 2.21. The van der Waals surface area contributed by atoms with Crippen LogP contribution in [0.15, 0.2) is 48.5 Å². The first-order valence-electron chi connectivity index (χ1n) is 10.5. The molecule has 1 aliphatic heterocycles. The predicted molar refractivity (Wildman–Crippen MR) is 113 cm³/mol. The Morgan fingerprint density at radius 2 is 1.69 bits per heavy atom. The Balaban J connectivity index is 1.44. The van der Waals surface area contributed by atoms with Crippen LogP contribution in [0.1, 0.15) is 43.0 Å². The van der Waals surface area contributed by atoms with Gasteiger partial charge in [-0.2, -0.15) is 0 Å². The molecule has 1 aliphatic rings. The van der Waals surface area contributed by atoms with E-state index in [0.717, 1.165) is 49.2 Å². The van der Waals surface area contributed by atoms with Gasteiger partial charge in [0.15, 0.2) is 0 Å². The second-order valence-corrected chi connectivity index (χ2v) is 7.85. The molecule has 0 aliphatic carbocycles. The minimum absolute atomic E-state index is 0.284. The molecule has 1 N–H and O–H groups in total. The smallest absolute Gasteiger partial charge is 0.335 e. The molecule has 4 nitrogen and oxygen atoms in total. The standard InChI is InChI=1S/C24H30FNO3/c1-2-3-22(25)16-26-14-12-18(13-15-26)17-29-23-10-8-20(9-11-23)19-4-6-21(7-5-19)24(27)28/h4-11,18,22H,2-3,12-17H2,1H3,(H,27,28). The number of nitrogens with zero attached hydrogens (tertiary/aromatic N) is 1. The van der Waals surface area contributed by atoms with E-state index in [2.05, 4.69) is 4.90 Å². The highest BCUT2D eigenvalue weighted by molar-refractivity contribution is 5.88. The van der Waals surface area contributed by atoms with Gasteiger partial charge in [-0.25, -0.2) is 9.18 Å². The third-order valence-electron chi connectivity index (χ3n) is 5.57. The second kappa shape index (κ2) is 10.4. The predicted octanol–water partition coefficient (Wildman–Crippen LogP) is 5.28. The maximum atomic E-state index is 13.8. The zero-order valence-electron chi connectivity index (χ0n) is 17.0. The lowest BCUT2D eigenvalue weighted by molar-refractivity contribution is 0.0697. The largest absolute Gasteiger partial charge is 0.493 e. The molecule has 0 bridgehead atoms. The highest BCUT2D eigenvalue weighted by Crippen LogP contribution is 2.24. The summed E-state index contributed by atoms with van der Waals surface area (Å²) < 4.78 is 19.7. The third-order valence-corrected chi connectivity index (χ3v) is 5.57. The van der Waals surface area contributed by atoms with Crippen molar-refractivity contribution in [1.29, 1.82) is 0 Å². The minimum atomic E-state index is -0.920. The first kappa shape index (κ1) is 21.3. The minimum Gasteiger partial charge on any atom is -0.493 e. The zero-order chi connectivity index (χ0) is 20.6. The molecule has 2 aromatic rings. The van der Waals surface area contributed by atoms with E-state index in [1.807, 2.05) is 43.3 Å². The van der Waals surface area contributed by atoms with Crippen molar-refractivity contribution in [3.63, 3.8) is 0 Å². The zero-order valence-corrected chi connectivity index (χ0v) is 17.0. The fraction of sp³-hybridized carbons (Fsp3) is 0.458. The number of carboxylic acid groups (broad SMARTS) is 1. The van der Waals surface area contributed by atoms with E-state index >= 15 is 0 Å². The molecule has 3 rings (SSSR count). The lowest BCUT2D eigenvalue weighted by atomic mass is 9.97. The van der Waals surface area contributed by atoms with Crippen LogP contribution in [0.25, 0.3) is 11.1 Å². The van der Waals surface area contributed by atoms with Crippen molar-refractivity contribution in [1.82, 2.24) is 4.90 Å². The lowest BCUT2D eigenvalue weighted by Crippen LogP contribution is -2.39. The molecule has 1 saturated heterocycles. The van der Waals surface area contributed by atoms with Crippen LogP contribution < -0.4 is 4.74 Å². The SMILES string of the molecule is CCCC(F)CN1CCC(COc2ccc(-c3ccc(C(=O)O)cc3)cc2)CC1. The Kier molecular flexibility index (Phi) is 7.64. The number of hydrogen-bond donors (Lipinski definition) is 1. The molecule has 1 unspecified atom stereocenters. The number of benzene rings is 2. The normalized spacial score (nSPS) is 16.5. The van der Waals surface area contributed by atoms with Crippen molar-refractivity contribution in [3.05, 3.63) is 54.1 Å². The van der Waals surface area contributed by atoms with Gasteiger partial charge in [0.25, 0.3) is 0 Å². The molecule has 2 aromatic carbocycles. The molecule has 1 fully saturated rings. The summed E-state index contributed by atoms with van der Waals surface area (Å²) in [6.07, 6.45) is 2.95. The van der Waals surface area contributed by atoms with Gasteiger partial charge in [0.05, 0.1) is 12.2 Å². The van der Waals surface area contributed by atoms with Crippen molar-refractivity contribution >= 4 is 5.97 Å². The summed E-state index contributed by atoms with van der Waals surface area (Å²) in [6, 6.07) is 14.7. The van der Waals surface area contributed by atoms with Gasteiger partial charge in [0.1, 0.15) is 11.9 Å². The molecular weight excluding hydrogens is 369 g/mol. The van der Waals surface area contributed by atoms with Crippen LogP contribution >= 0.6 is 0 Å². The molecule has 29 heavy (non-hydrogen) atoms. The number of halogens is 1. The van der Waals surface area contributed by atoms with Crippen LogP contribution in [-0.4, -0.2) is 48.4 Å². The molecule has 0 radical (unpaired) electrons. The van der Waals surface area contributed by atoms with E-state index in [1.54, 1.807) is 12.1 Å². The maximum absolute atomic E-state index is 13.8. The molecule has 0 saturated carbocycles. The van der Waals surface area contributed by atoms with Gasteiger partial charge in [-0.05, 0) is 73.7 Å². The van der Waals surface area contributed by atoms with Crippen LogP contribution in [0.2, 0.25) is 0 Å². The van der Waals surface area contributed by atoms with E-state index < -0.39 is 12.1 Å². The number of carbonyl (C=O) groups is 1. The van der Waals surface area contributed by atoms with Gasteiger partial charge in [-0.3, -0.25) is 0 Å². The molecule has 0 spiro atoms. The molecule has 156 valence electrons. The van der Waals surface area contributed by atoms with Crippen molar-refractivity contribution in [2.45, 2.75) is 38.8 Å². The number of hydrogen-bond acceptors (Lipinski definition) is 3. The first-order chi connectivity index (χ1) is 14.0. The van der Waals surface area contributed by atoms with Crippen LogP contribution in [0, 0.1) is 5.92 Å². The molecular formula is C24H30FNO3. The average molecular weight is 400 g/mol. The fourth-order valence-corrected chi connectivity index (χ4v) is 3.78. The molecule has 1 heterocycles. The Labute approximate surface area is 172 Å². The second-order valence-electron chi connectivity index (χ2n) is 7.85. The van der Waals surface area contributed by atoms with E-state index in [9.17, 15) is 9.18 Å². The number of alkyl halides is 1. The monoisotopic (exact) mass is 399 g/mol. The number of carboxylic acids is 1. The quantitative estimate of drug-likeness (QED) is 0.623. The van der Waals surface area contributed by atoms with Gasteiger partial charge in [0, 0.05) is 6.54 Å². The molecule has 0 aromatic heterocycles. The van der Waals surface area contributed by atoms with Crippen LogP contribution in [0.3, 0.4) is 0 Å². The van der Waals surface area contributed by atoms with E-state index in [-0.39, 0.29) is 5.56 Å². The number of piperidine rings is 1. The fourth-order valence-electron chi connectivity index (χ4n) is 3.78. The highest BCUT2D eigenvalue weighted by atomic mass is 19.1. The average Bonchev–Trinajstić information content (AvgIpc) is 2.74. The van der Waals surface area contributed by atoms with Crippen molar-refractivity contribution in [2.24, 2.45) is 5.92 Å². The van der Waals surface area contributed by atoms with Crippen LogP contribution in [-0.2, 0) is 0 Å². The van der Waals surface area contributed by atoms with Gasteiger partial charge >= 0.3 is 5.97 Å². The van der Waals surface area contributed by atoms with Crippen molar-refractivity contribution in [2.75, 3.05) is 26.2 Å². The summed E-state index contributed by atoms with van der Waals surface area (Å²) in [6.45, 7) is 5.18. The van der Waals surface area contributed by atoms with E-state index in [0.29, 0.717) is 25.5 Å². The Bertz CT molecular complexity index is 768. The summed E-state index contributed by atoms with van der Waals surface area (Å²) in [5.74, 6) is 0.431. The van der Waals surface area contributed by atoms with Crippen molar-refractivity contribution < 1.29 is 19.0 Å². The van der Waals surface area contributed by atoms with Gasteiger partial charge in [-0.15, -0.1) is 0 Å². The third kappa shape index (κ3) is 6.29. The summed E-state index contributed by atoms with van der Waals surface area (Å²) in [7, 11) is 0. The number of rotatable bonds is 9. The van der Waals surface area contributed by atoms with Crippen molar-refractivity contribution in [3.8, 4) is 16.9 Å². The molecule has 1 atom stereocenters. The molecule has 0 amide bonds. The lowest BCUT2D eigenvalue weighted by Gasteiger charge is -2.32. The Morgan fingerprint density at radius 1 is 1.10 bits per heavy atom. The number of aromatic carboxylic acids is 1. The Hall–Kier alpha value is -2.40. The summed E-state index contributed by atoms with van der Waals surface area (Å²) >= 11 is 0. The van der Waals surface area contributed by atoms with Gasteiger partial charge in [-0.1, -0.05) is 37.6 Å². The van der Waals surface area contributed by atoms with E-state index in [4.69, 9.17) is 9.84 Å². The van der Waals surface area contributed by atoms with E-state index in [1.165, 1.54) is 0 Å². The van der Waals surface area contributed by atoms with Gasteiger partial charge in [0.2, 0.25) is 0 Å². The summed E-state index contributed by atoms with van der Waals surface area (Å²) in [5, 5.41) is 8.99. The Morgan fingerprint density at radius 3 is 2.24 bits per heavy atom. The first-order valence-corrected chi connectivity index (χ1v) is 10.5. The number of ether oxygens (including phenoxy) is 1. The summed E-state index contributed by atoms with van der Waals surface area (Å²) in [4.78, 5) is 13.2. The summed E-state index contributed by atoms with van der Waals surface area (Å²) in [5.41, 5.74) is 2.28. The topological polar surface area (TPSA) is 49.8 Å². The molecule has 5 heteroatoms.